The number of oxazole rings is 1. The molecule has 0 atom stereocenters. The molecule has 0 spiro atoms. The van der Waals surface area contributed by atoms with Crippen molar-refractivity contribution in [2.24, 2.45) is 0 Å². The second kappa shape index (κ2) is 8.58. The maximum Gasteiger partial charge on any atom is 0.279 e. The summed E-state index contributed by atoms with van der Waals surface area (Å²) in [6.07, 6.45) is 0. The number of carbonyl (C=O) groups is 1. The van der Waals surface area contributed by atoms with E-state index in [-0.39, 0.29) is 11.1 Å². The molecule has 0 aliphatic carbocycles. The first-order chi connectivity index (χ1) is 15.6. The Kier molecular flexibility index (Phi) is 5.80. The van der Waals surface area contributed by atoms with Crippen LogP contribution in [0.1, 0.15) is 42.6 Å². The second-order valence-corrected chi connectivity index (χ2v) is 9.24. The number of nitrogens with zero attached hydrogens (tertiary/aromatic N) is 3. The third-order valence-electron chi connectivity index (χ3n) is 5.36. The van der Waals surface area contributed by atoms with Gasteiger partial charge < -0.3 is 19.2 Å². The lowest BCUT2D eigenvalue weighted by molar-refractivity contribution is 0.102. The molecule has 0 unspecified atom stereocenters. The molecule has 2 aromatic carbocycles. The zero-order valence-electron chi connectivity index (χ0n) is 19.8. The van der Waals surface area contributed by atoms with Gasteiger partial charge in [-0.15, -0.1) is 0 Å². The minimum Gasteiger partial charge on any atom is -0.435 e. The first-order valence-corrected chi connectivity index (χ1v) is 10.8. The van der Waals surface area contributed by atoms with Crippen LogP contribution < -0.4 is 10.2 Å². The van der Waals surface area contributed by atoms with E-state index in [0.29, 0.717) is 23.2 Å². The number of hydrogen-bond acceptors (Lipinski definition) is 6. The lowest BCUT2D eigenvalue weighted by atomic mass is 9.87. The van der Waals surface area contributed by atoms with E-state index in [2.05, 4.69) is 48.4 Å². The molecule has 170 valence electrons. The molecule has 2 heterocycles. The van der Waals surface area contributed by atoms with E-state index >= 15 is 0 Å². The van der Waals surface area contributed by atoms with Crippen LogP contribution in [0.3, 0.4) is 0 Å². The zero-order valence-corrected chi connectivity index (χ0v) is 19.8. The molecular weight excluding hydrogens is 416 g/mol. The van der Waals surface area contributed by atoms with Crippen molar-refractivity contribution in [1.29, 1.82) is 0 Å². The standard InChI is InChI=1S/C26H28N4O3/c1-16-15-21(29-33-16)27-24(31)22-23(17-9-13-20(14-10-17)30(5)6)32-25(28-22)18-7-11-19(12-8-18)26(2,3)4/h7-15H,1-6H3,(H,27,29,31). The van der Waals surface area contributed by atoms with Crippen LogP contribution >= 0.6 is 0 Å². The molecule has 0 aliphatic rings. The van der Waals surface area contributed by atoms with Crippen LogP contribution in [-0.4, -0.2) is 30.1 Å². The Morgan fingerprint density at radius 2 is 1.61 bits per heavy atom. The van der Waals surface area contributed by atoms with Gasteiger partial charge in [0, 0.05) is 37.0 Å². The highest BCUT2D eigenvalue weighted by molar-refractivity contribution is 6.06. The Balaban J connectivity index is 1.74. The predicted molar refractivity (Wildman–Crippen MR) is 130 cm³/mol. The van der Waals surface area contributed by atoms with Crippen molar-refractivity contribution in [2.75, 3.05) is 24.3 Å². The van der Waals surface area contributed by atoms with Crippen molar-refractivity contribution in [3.8, 4) is 22.8 Å². The van der Waals surface area contributed by atoms with Crippen molar-refractivity contribution >= 4 is 17.4 Å². The summed E-state index contributed by atoms with van der Waals surface area (Å²) in [6.45, 7) is 8.25. The van der Waals surface area contributed by atoms with Gasteiger partial charge in [-0.25, -0.2) is 4.98 Å². The summed E-state index contributed by atoms with van der Waals surface area (Å²) in [5.41, 5.74) is 4.02. The fraction of sp³-hybridized carbons (Fsp3) is 0.269. The zero-order chi connectivity index (χ0) is 23.8. The molecule has 0 fully saturated rings. The Bertz CT molecular complexity index is 1260. The molecule has 4 rings (SSSR count). The topological polar surface area (TPSA) is 84.4 Å². The Labute approximate surface area is 193 Å². The van der Waals surface area contributed by atoms with Gasteiger partial charge >= 0.3 is 0 Å². The van der Waals surface area contributed by atoms with Crippen LogP contribution in [-0.2, 0) is 5.41 Å². The molecule has 0 bridgehead atoms. The molecule has 1 amide bonds. The summed E-state index contributed by atoms with van der Waals surface area (Å²) in [6, 6.07) is 17.5. The van der Waals surface area contributed by atoms with Gasteiger partial charge in [0.2, 0.25) is 5.89 Å². The quantitative estimate of drug-likeness (QED) is 0.411. The monoisotopic (exact) mass is 444 g/mol. The van der Waals surface area contributed by atoms with E-state index < -0.39 is 5.91 Å². The predicted octanol–water partition coefficient (Wildman–Crippen LogP) is 5.92. The van der Waals surface area contributed by atoms with Gasteiger partial charge in [0.15, 0.2) is 17.3 Å². The highest BCUT2D eigenvalue weighted by Gasteiger charge is 2.24. The third-order valence-corrected chi connectivity index (χ3v) is 5.36. The van der Waals surface area contributed by atoms with E-state index in [9.17, 15) is 4.79 Å². The SMILES string of the molecule is Cc1cc(NC(=O)c2nc(-c3ccc(C(C)(C)C)cc3)oc2-c2ccc(N(C)C)cc2)no1. The summed E-state index contributed by atoms with van der Waals surface area (Å²) >= 11 is 0. The van der Waals surface area contributed by atoms with Gasteiger partial charge in [-0.05, 0) is 54.3 Å². The van der Waals surface area contributed by atoms with Gasteiger partial charge in [0.05, 0.1) is 0 Å². The molecular formula is C26H28N4O3. The van der Waals surface area contributed by atoms with E-state index in [0.717, 1.165) is 16.8 Å². The molecule has 33 heavy (non-hydrogen) atoms. The van der Waals surface area contributed by atoms with E-state index in [1.165, 1.54) is 5.56 Å². The second-order valence-electron chi connectivity index (χ2n) is 9.24. The molecule has 0 aliphatic heterocycles. The molecule has 4 aromatic rings. The average Bonchev–Trinajstić information content (AvgIpc) is 3.40. The van der Waals surface area contributed by atoms with Crippen molar-refractivity contribution in [1.82, 2.24) is 10.1 Å². The lowest BCUT2D eigenvalue weighted by Gasteiger charge is -2.18. The molecule has 0 saturated carbocycles. The number of aryl methyl sites for hydroxylation is 1. The van der Waals surface area contributed by atoms with Crippen molar-refractivity contribution in [3.63, 3.8) is 0 Å². The number of nitrogens with one attached hydrogen (secondary N) is 1. The van der Waals surface area contributed by atoms with Gasteiger partial charge in [-0.3, -0.25) is 4.79 Å². The summed E-state index contributed by atoms with van der Waals surface area (Å²) in [5, 5.41) is 6.58. The molecule has 7 heteroatoms. The number of benzene rings is 2. The van der Waals surface area contributed by atoms with Crippen LogP contribution in [0.25, 0.3) is 22.8 Å². The fourth-order valence-electron chi connectivity index (χ4n) is 3.42. The number of carbonyl (C=O) groups excluding carboxylic acids is 1. The van der Waals surface area contributed by atoms with E-state index in [1.54, 1.807) is 13.0 Å². The van der Waals surface area contributed by atoms with Crippen molar-refractivity contribution < 1.29 is 13.7 Å². The third kappa shape index (κ3) is 4.82. The number of anilines is 2. The largest absolute Gasteiger partial charge is 0.435 e. The number of aromatic nitrogens is 2. The Morgan fingerprint density at radius 1 is 0.970 bits per heavy atom. The number of rotatable bonds is 5. The molecule has 0 saturated heterocycles. The number of hydrogen-bond donors (Lipinski definition) is 1. The van der Waals surface area contributed by atoms with Gasteiger partial charge in [-0.1, -0.05) is 38.1 Å². The summed E-state index contributed by atoms with van der Waals surface area (Å²) < 4.78 is 11.2. The van der Waals surface area contributed by atoms with E-state index in [4.69, 9.17) is 8.94 Å². The Hall–Kier alpha value is -3.87. The Morgan fingerprint density at radius 3 is 2.15 bits per heavy atom. The smallest absolute Gasteiger partial charge is 0.279 e. The van der Waals surface area contributed by atoms with Crippen LogP contribution in [0.2, 0.25) is 0 Å². The fourth-order valence-corrected chi connectivity index (χ4v) is 3.42. The number of amides is 1. The first kappa shape index (κ1) is 22.3. The molecule has 1 N–H and O–H groups in total. The first-order valence-electron chi connectivity index (χ1n) is 10.8. The maximum atomic E-state index is 13.1. The minimum atomic E-state index is -0.420. The van der Waals surface area contributed by atoms with Crippen molar-refractivity contribution in [3.05, 3.63) is 71.6 Å². The van der Waals surface area contributed by atoms with Crippen LogP contribution in [0.4, 0.5) is 11.5 Å². The van der Waals surface area contributed by atoms with Gasteiger partial charge in [-0.2, -0.15) is 0 Å². The summed E-state index contributed by atoms with van der Waals surface area (Å²) in [5.74, 6) is 1.28. The summed E-state index contributed by atoms with van der Waals surface area (Å²) in [7, 11) is 3.95. The van der Waals surface area contributed by atoms with Crippen LogP contribution in [0.5, 0.6) is 0 Å². The van der Waals surface area contributed by atoms with Crippen LogP contribution in [0, 0.1) is 6.92 Å². The molecule has 0 radical (unpaired) electrons. The minimum absolute atomic E-state index is 0.0369. The van der Waals surface area contributed by atoms with Crippen molar-refractivity contribution in [2.45, 2.75) is 33.1 Å². The van der Waals surface area contributed by atoms with E-state index in [1.807, 2.05) is 55.4 Å². The highest BCUT2D eigenvalue weighted by Crippen LogP contribution is 2.32. The highest BCUT2D eigenvalue weighted by atomic mass is 16.5. The van der Waals surface area contributed by atoms with Crippen LogP contribution in [0.15, 0.2) is 63.5 Å². The van der Waals surface area contributed by atoms with Gasteiger partial charge in [0.1, 0.15) is 5.76 Å². The maximum absolute atomic E-state index is 13.1. The van der Waals surface area contributed by atoms with Gasteiger partial charge in [0.25, 0.3) is 5.91 Å². The molecule has 7 nitrogen and oxygen atoms in total. The molecule has 2 aromatic heterocycles. The lowest BCUT2D eigenvalue weighted by Crippen LogP contribution is -2.13. The average molecular weight is 445 g/mol. The summed E-state index contributed by atoms with van der Waals surface area (Å²) in [4.78, 5) is 19.7. The normalized spacial score (nSPS) is 11.5.